The molecule has 1 aromatic carbocycles. The smallest absolute Gasteiger partial charge is 0.267 e. The van der Waals surface area contributed by atoms with Crippen LogP contribution in [-0.2, 0) is 0 Å². The van der Waals surface area contributed by atoms with E-state index < -0.39 is 12.0 Å². The van der Waals surface area contributed by atoms with Crippen LogP contribution in [0.15, 0.2) is 18.2 Å². The van der Waals surface area contributed by atoms with Gasteiger partial charge in [-0.2, -0.15) is 0 Å². The Morgan fingerprint density at radius 1 is 1.38 bits per heavy atom. The SMILES string of the molecule is CCC(C)(C)Oc1ccc(N)cc1C(F)F. The molecule has 0 aromatic heterocycles. The van der Waals surface area contributed by atoms with E-state index in [1.54, 1.807) is 6.07 Å². The van der Waals surface area contributed by atoms with E-state index in [0.717, 1.165) is 6.42 Å². The molecule has 0 amide bonds. The van der Waals surface area contributed by atoms with Gasteiger partial charge in [-0.15, -0.1) is 0 Å². The third-order valence-corrected chi connectivity index (χ3v) is 2.51. The molecular formula is C12H17F2NO. The average molecular weight is 229 g/mol. The highest BCUT2D eigenvalue weighted by Crippen LogP contribution is 2.33. The van der Waals surface area contributed by atoms with E-state index >= 15 is 0 Å². The summed E-state index contributed by atoms with van der Waals surface area (Å²) in [5, 5.41) is 0. The van der Waals surface area contributed by atoms with Crippen LogP contribution in [-0.4, -0.2) is 5.60 Å². The largest absolute Gasteiger partial charge is 0.487 e. The summed E-state index contributed by atoms with van der Waals surface area (Å²) in [4.78, 5) is 0. The van der Waals surface area contributed by atoms with Crippen molar-refractivity contribution >= 4 is 5.69 Å². The number of nitrogens with two attached hydrogens (primary N) is 1. The van der Waals surface area contributed by atoms with Gasteiger partial charge in [0.2, 0.25) is 0 Å². The Bertz CT molecular complexity index is 364. The molecular weight excluding hydrogens is 212 g/mol. The van der Waals surface area contributed by atoms with Gasteiger partial charge in [-0.1, -0.05) is 6.92 Å². The van der Waals surface area contributed by atoms with Gasteiger partial charge < -0.3 is 10.5 Å². The Morgan fingerprint density at radius 2 is 2.00 bits per heavy atom. The van der Waals surface area contributed by atoms with Gasteiger partial charge in [0.15, 0.2) is 0 Å². The third kappa shape index (κ3) is 3.08. The first-order valence-corrected chi connectivity index (χ1v) is 5.22. The normalized spacial score (nSPS) is 11.9. The minimum atomic E-state index is -2.58. The lowest BCUT2D eigenvalue weighted by atomic mass is 10.1. The van der Waals surface area contributed by atoms with Crippen molar-refractivity contribution in [1.29, 1.82) is 0 Å². The lowest BCUT2D eigenvalue weighted by Gasteiger charge is -2.26. The van der Waals surface area contributed by atoms with Crippen LogP contribution >= 0.6 is 0 Å². The maximum atomic E-state index is 12.8. The zero-order valence-corrected chi connectivity index (χ0v) is 9.76. The molecule has 16 heavy (non-hydrogen) atoms. The minimum Gasteiger partial charge on any atom is -0.487 e. The van der Waals surface area contributed by atoms with Crippen LogP contribution in [0.4, 0.5) is 14.5 Å². The Hall–Kier alpha value is -1.32. The second-order valence-corrected chi connectivity index (χ2v) is 4.31. The standard InChI is InChI=1S/C12H17F2NO/c1-4-12(2,3)16-10-6-5-8(15)7-9(10)11(13)14/h5-7,11H,4,15H2,1-3H3. The van der Waals surface area contributed by atoms with Crippen LogP contribution in [0.1, 0.15) is 39.2 Å². The van der Waals surface area contributed by atoms with E-state index in [-0.39, 0.29) is 11.3 Å². The molecule has 4 heteroatoms. The highest BCUT2D eigenvalue weighted by atomic mass is 19.3. The van der Waals surface area contributed by atoms with Crippen LogP contribution in [0, 0.1) is 0 Å². The highest BCUT2D eigenvalue weighted by Gasteiger charge is 2.21. The number of alkyl halides is 2. The van der Waals surface area contributed by atoms with Gasteiger partial charge in [-0.05, 0) is 38.5 Å². The topological polar surface area (TPSA) is 35.2 Å². The van der Waals surface area contributed by atoms with Crippen molar-refractivity contribution in [2.75, 3.05) is 5.73 Å². The average Bonchev–Trinajstić information content (AvgIpc) is 2.20. The molecule has 0 aliphatic heterocycles. The summed E-state index contributed by atoms with van der Waals surface area (Å²) >= 11 is 0. The van der Waals surface area contributed by atoms with Crippen LogP contribution in [0.25, 0.3) is 0 Å². The molecule has 0 aliphatic rings. The zero-order chi connectivity index (χ0) is 12.3. The monoisotopic (exact) mass is 229 g/mol. The van der Waals surface area contributed by atoms with Crippen molar-refractivity contribution in [3.05, 3.63) is 23.8 Å². The van der Waals surface area contributed by atoms with E-state index in [1.165, 1.54) is 12.1 Å². The van der Waals surface area contributed by atoms with Gasteiger partial charge in [0.05, 0.1) is 5.56 Å². The number of halogens is 2. The number of anilines is 1. The van der Waals surface area contributed by atoms with Crippen LogP contribution in [0.2, 0.25) is 0 Å². The van der Waals surface area contributed by atoms with Crippen LogP contribution in [0.3, 0.4) is 0 Å². The van der Waals surface area contributed by atoms with E-state index in [2.05, 4.69) is 0 Å². The molecule has 0 unspecified atom stereocenters. The van der Waals surface area contributed by atoms with Gasteiger partial charge in [-0.25, -0.2) is 8.78 Å². The van der Waals surface area contributed by atoms with Gasteiger partial charge in [-0.3, -0.25) is 0 Å². The number of benzene rings is 1. The molecule has 90 valence electrons. The molecule has 0 radical (unpaired) electrons. The number of hydrogen-bond donors (Lipinski definition) is 1. The van der Waals surface area contributed by atoms with Crippen molar-refractivity contribution in [3.63, 3.8) is 0 Å². The van der Waals surface area contributed by atoms with Crippen LogP contribution < -0.4 is 10.5 Å². The number of hydrogen-bond acceptors (Lipinski definition) is 2. The Labute approximate surface area is 94.4 Å². The first kappa shape index (κ1) is 12.7. The van der Waals surface area contributed by atoms with Crippen molar-refractivity contribution in [3.8, 4) is 5.75 Å². The Balaban J connectivity index is 3.04. The number of rotatable bonds is 4. The lowest BCUT2D eigenvalue weighted by Crippen LogP contribution is -2.27. The van der Waals surface area contributed by atoms with Crippen molar-refractivity contribution in [1.82, 2.24) is 0 Å². The van der Waals surface area contributed by atoms with E-state index in [0.29, 0.717) is 5.69 Å². The molecule has 1 aromatic rings. The molecule has 0 saturated heterocycles. The summed E-state index contributed by atoms with van der Waals surface area (Å²) in [6.07, 6.45) is -1.84. The predicted octanol–water partition coefficient (Wildman–Crippen LogP) is 3.77. The number of nitrogen functional groups attached to an aromatic ring is 1. The molecule has 1 rings (SSSR count). The fourth-order valence-corrected chi connectivity index (χ4v) is 1.20. The van der Waals surface area contributed by atoms with E-state index in [1.807, 2.05) is 20.8 Å². The molecule has 0 spiro atoms. The van der Waals surface area contributed by atoms with Gasteiger partial charge in [0.25, 0.3) is 6.43 Å². The lowest BCUT2D eigenvalue weighted by molar-refractivity contribution is 0.0914. The quantitative estimate of drug-likeness (QED) is 0.797. The van der Waals surface area contributed by atoms with Crippen LogP contribution in [0.5, 0.6) is 5.75 Å². The van der Waals surface area contributed by atoms with Gasteiger partial charge in [0.1, 0.15) is 11.4 Å². The summed E-state index contributed by atoms with van der Waals surface area (Å²) in [7, 11) is 0. The maximum absolute atomic E-state index is 12.8. The summed E-state index contributed by atoms with van der Waals surface area (Å²) in [6.45, 7) is 5.66. The summed E-state index contributed by atoms with van der Waals surface area (Å²) in [5.41, 5.74) is 5.18. The van der Waals surface area contributed by atoms with Gasteiger partial charge in [0, 0.05) is 5.69 Å². The molecule has 2 N–H and O–H groups in total. The highest BCUT2D eigenvalue weighted by molar-refractivity contribution is 5.48. The van der Waals surface area contributed by atoms with E-state index in [4.69, 9.17) is 10.5 Å². The van der Waals surface area contributed by atoms with Crippen molar-refractivity contribution in [2.45, 2.75) is 39.2 Å². The molecule has 0 fully saturated rings. The molecule has 0 aliphatic carbocycles. The maximum Gasteiger partial charge on any atom is 0.267 e. The third-order valence-electron chi connectivity index (χ3n) is 2.51. The summed E-state index contributed by atoms with van der Waals surface area (Å²) < 4.78 is 31.1. The molecule has 0 atom stereocenters. The fraction of sp³-hybridized carbons (Fsp3) is 0.500. The van der Waals surface area contributed by atoms with Crippen molar-refractivity contribution in [2.24, 2.45) is 0 Å². The van der Waals surface area contributed by atoms with Crippen molar-refractivity contribution < 1.29 is 13.5 Å². The second-order valence-electron chi connectivity index (χ2n) is 4.31. The Kier molecular flexibility index (Phi) is 3.73. The molecule has 0 bridgehead atoms. The first-order chi connectivity index (χ1) is 7.35. The Morgan fingerprint density at radius 3 is 2.50 bits per heavy atom. The minimum absolute atomic E-state index is 0.151. The number of ether oxygens (including phenoxy) is 1. The zero-order valence-electron chi connectivity index (χ0n) is 9.76. The first-order valence-electron chi connectivity index (χ1n) is 5.22. The summed E-state index contributed by atoms with van der Waals surface area (Å²) in [5.74, 6) is 0.205. The molecule has 0 saturated carbocycles. The molecule has 2 nitrogen and oxygen atoms in total. The second kappa shape index (κ2) is 4.68. The molecule has 0 heterocycles. The predicted molar refractivity (Wildman–Crippen MR) is 60.8 cm³/mol. The van der Waals surface area contributed by atoms with Gasteiger partial charge >= 0.3 is 0 Å². The fourth-order valence-electron chi connectivity index (χ4n) is 1.20. The van der Waals surface area contributed by atoms with E-state index in [9.17, 15) is 8.78 Å². The summed E-state index contributed by atoms with van der Waals surface area (Å²) in [6, 6.07) is 4.31.